The molecule has 176 valence electrons. The minimum atomic E-state index is -1.10. The Balaban J connectivity index is 0.00000324. The van der Waals surface area contributed by atoms with Gasteiger partial charge in [0.25, 0.3) is 0 Å². The number of hydrogen-bond acceptors (Lipinski definition) is 7. The number of carbonyl (C=O) groups excluding carboxylic acids is 2. The van der Waals surface area contributed by atoms with Crippen molar-refractivity contribution in [2.45, 2.75) is 37.7 Å². The fraction of sp³-hybridized carbons (Fsp3) is 0.478. The number of amides is 1. The number of aromatic carboxylic acids is 1. The number of aliphatic hydroxyl groups is 1. The molecule has 1 unspecified atom stereocenters. The van der Waals surface area contributed by atoms with Crippen LogP contribution in [0.3, 0.4) is 0 Å². The zero-order valence-electron chi connectivity index (χ0n) is 19.1. The first-order valence-electron chi connectivity index (χ1n) is 10.8. The SMILES string of the molecule is C[C@@H](O)[C@H]1C(=O)C2C(C(=O)O)=C(S[C@@H]3CN[C@H](C(=O)Nc4cccc(C(=O)O)c4)C3)[C@H](C)[C@@H]21.[Na+]. The average Bonchev–Trinajstić information content (AvgIpc) is 3.30. The normalized spacial score (nSPS) is 30.7. The number of thioether (sulfide) groups is 1. The predicted octanol–water partition coefficient (Wildman–Crippen LogP) is -1.41. The van der Waals surface area contributed by atoms with Crippen molar-refractivity contribution in [3.63, 3.8) is 0 Å². The van der Waals surface area contributed by atoms with Crippen LogP contribution in [-0.4, -0.2) is 62.9 Å². The van der Waals surface area contributed by atoms with Gasteiger partial charge in [-0.05, 0) is 48.3 Å². The number of carboxylic acids is 2. The van der Waals surface area contributed by atoms with Gasteiger partial charge in [0.2, 0.25) is 5.91 Å². The smallest absolute Gasteiger partial charge is 0.478 e. The first-order valence-corrected chi connectivity index (χ1v) is 11.7. The minimum Gasteiger partial charge on any atom is -0.478 e. The van der Waals surface area contributed by atoms with Gasteiger partial charge in [0.05, 0.1) is 29.2 Å². The molecule has 2 aliphatic carbocycles. The maximum atomic E-state index is 12.7. The number of aliphatic hydroxyl groups excluding tert-OH is 1. The molecule has 1 aromatic rings. The average molecular weight is 498 g/mol. The Kier molecular flexibility index (Phi) is 8.32. The molecule has 0 bridgehead atoms. The van der Waals surface area contributed by atoms with Crippen LogP contribution in [0.4, 0.5) is 5.69 Å². The molecule has 1 saturated carbocycles. The van der Waals surface area contributed by atoms with Gasteiger partial charge in [-0.1, -0.05) is 13.0 Å². The molecule has 1 saturated heterocycles. The zero-order chi connectivity index (χ0) is 24.0. The Hall–Kier alpha value is -1.69. The zero-order valence-corrected chi connectivity index (χ0v) is 22.0. The summed E-state index contributed by atoms with van der Waals surface area (Å²) in [5, 5.41) is 34.7. The number of hydrogen-bond donors (Lipinski definition) is 5. The molecule has 1 amide bonds. The maximum absolute atomic E-state index is 12.7. The summed E-state index contributed by atoms with van der Waals surface area (Å²) in [6, 6.07) is 5.48. The number of nitrogens with one attached hydrogen (secondary N) is 2. The molecule has 4 rings (SSSR count). The van der Waals surface area contributed by atoms with Gasteiger partial charge >= 0.3 is 41.5 Å². The number of fused-ring (bicyclic) bond motifs is 1. The molecule has 3 aliphatic rings. The van der Waals surface area contributed by atoms with Crippen molar-refractivity contribution in [3.8, 4) is 0 Å². The Morgan fingerprint density at radius 2 is 1.91 bits per heavy atom. The number of carbonyl (C=O) groups is 4. The number of benzene rings is 1. The molecular weight excluding hydrogens is 471 g/mol. The Bertz CT molecular complexity index is 1060. The molecule has 34 heavy (non-hydrogen) atoms. The predicted molar refractivity (Wildman–Crippen MR) is 121 cm³/mol. The van der Waals surface area contributed by atoms with Gasteiger partial charge in [-0.25, -0.2) is 9.59 Å². The number of carboxylic acid groups (broad SMARTS) is 2. The molecule has 11 heteroatoms. The number of anilines is 1. The molecule has 2 fully saturated rings. The number of ketones is 1. The van der Waals surface area contributed by atoms with Crippen LogP contribution in [0.25, 0.3) is 0 Å². The number of Topliss-reactive ketones (excluding diaryl/α,β-unsaturated/α-hetero) is 1. The second-order valence-corrected chi connectivity index (χ2v) is 10.2. The van der Waals surface area contributed by atoms with Gasteiger partial charge in [-0.2, -0.15) is 0 Å². The molecule has 1 aliphatic heterocycles. The largest absolute Gasteiger partial charge is 1.00 e. The molecule has 0 aromatic heterocycles. The summed E-state index contributed by atoms with van der Waals surface area (Å²) in [5.74, 6) is -4.27. The van der Waals surface area contributed by atoms with Gasteiger partial charge in [0.1, 0.15) is 5.78 Å². The van der Waals surface area contributed by atoms with Crippen LogP contribution in [0.5, 0.6) is 0 Å². The van der Waals surface area contributed by atoms with E-state index in [0.717, 1.165) is 0 Å². The van der Waals surface area contributed by atoms with Gasteiger partial charge in [-0.15, -0.1) is 11.8 Å². The summed E-state index contributed by atoms with van der Waals surface area (Å²) in [6.45, 7) is 3.96. The van der Waals surface area contributed by atoms with Crippen LogP contribution in [0.2, 0.25) is 0 Å². The van der Waals surface area contributed by atoms with E-state index >= 15 is 0 Å². The van der Waals surface area contributed by atoms with Crippen LogP contribution in [0.1, 0.15) is 30.6 Å². The summed E-state index contributed by atoms with van der Waals surface area (Å²) in [4.78, 5) is 49.0. The van der Waals surface area contributed by atoms with E-state index < -0.39 is 35.9 Å². The van der Waals surface area contributed by atoms with E-state index in [4.69, 9.17) is 5.11 Å². The first-order chi connectivity index (χ1) is 15.6. The van der Waals surface area contributed by atoms with Gasteiger partial charge in [0, 0.05) is 23.4 Å². The maximum Gasteiger partial charge on any atom is 1.00 e. The fourth-order valence-corrected chi connectivity index (χ4v) is 6.82. The van der Waals surface area contributed by atoms with Crippen LogP contribution in [0.15, 0.2) is 34.7 Å². The van der Waals surface area contributed by atoms with Crippen LogP contribution in [-0.2, 0) is 14.4 Å². The Morgan fingerprint density at radius 3 is 2.53 bits per heavy atom. The molecule has 1 heterocycles. The van der Waals surface area contributed by atoms with E-state index in [2.05, 4.69) is 10.6 Å². The summed E-state index contributed by atoms with van der Waals surface area (Å²) < 4.78 is 0. The number of allylic oxidation sites excluding steroid dienone is 1. The third-order valence-corrected chi connectivity index (χ3v) is 8.37. The van der Waals surface area contributed by atoms with Crippen molar-refractivity contribution in [3.05, 3.63) is 40.3 Å². The summed E-state index contributed by atoms with van der Waals surface area (Å²) >= 11 is 1.40. The third kappa shape index (κ3) is 4.84. The molecule has 0 spiro atoms. The van der Waals surface area contributed by atoms with Crippen molar-refractivity contribution in [1.82, 2.24) is 5.32 Å². The van der Waals surface area contributed by atoms with E-state index in [1.165, 1.54) is 23.9 Å². The quantitative estimate of drug-likeness (QED) is 0.286. The van der Waals surface area contributed by atoms with Crippen LogP contribution >= 0.6 is 11.8 Å². The number of rotatable bonds is 7. The van der Waals surface area contributed by atoms with E-state index in [-0.39, 0.29) is 69.5 Å². The molecule has 0 radical (unpaired) electrons. The monoisotopic (exact) mass is 497 g/mol. The molecule has 5 N–H and O–H groups in total. The summed E-state index contributed by atoms with van der Waals surface area (Å²) in [6.07, 6.45) is -0.358. The fourth-order valence-electron chi connectivity index (χ4n) is 5.28. The molecule has 7 atom stereocenters. The van der Waals surface area contributed by atoms with Crippen molar-refractivity contribution in [1.29, 1.82) is 0 Å². The Morgan fingerprint density at radius 1 is 1.21 bits per heavy atom. The van der Waals surface area contributed by atoms with E-state index in [9.17, 15) is 29.4 Å². The summed E-state index contributed by atoms with van der Waals surface area (Å²) in [7, 11) is 0. The van der Waals surface area contributed by atoms with Crippen molar-refractivity contribution in [2.24, 2.45) is 23.7 Å². The van der Waals surface area contributed by atoms with Crippen LogP contribution in [0, 0.1) is 23.7 Å². The van der Waals surface area contributed by atoms with Gasteiger partial charge in [0.15, 0.2) is 0 Å². The first kappa shape index (κ1) is 26.9. The van der Waals surface area contributed by atoms with Crippen LogP contribution < -0.4 is 40.2 Å². The van der Waals surface area contributed by atoms with Crippen molar-refractivity contribution in [2.75, 3.05) is 11.9 Å². The van der Waals surface area contributed by atoms with Gasteiger partial charge < -0.3 is 26.0 Å². The molecule has 9 nitrogen and oxygen atoms in total. The van der Waals surface area contributed by atoms with Crippen molar-refractivity contribution >= 4 is 41.1 Å². The standard InChI is InChI=1S/C23H26N2O7S.Na/c1-9-15-16(10(2)26)19(27)17(15)18(23(31)32)20(9)33-13-7-14(24-8-13)21(28)25-12-5-3-4-11(6-12)22(29)30;/h3-6,9-10,13-17,24,26H,7-8H2,1-2H3,(H,25,28)(H,29,30)(H,31,32);/q;+1/t9-,10-,13+,14+,15-,16-,17?;/m1./s1. The third-order valence-electron chi connectivity index (χ3n) is 6.83. The summed E-state index contributed by atoms with van der Waals surface area (Å²) in [5.41, 5.74) is 0.596. The van der Waals surface area contributed by atoms with E-state index in [0.29, 0.717) is 23.6 Å². The van der Waals surface area contributed by atoms with Gasteiger partial charge in [-0.3, -0.25) is 9.59 Å². The van der Waals surface area contributed by atoms with Crippen molar-refractivity contribution < 1.29 is 64.1 Å². The van der Waals surface area contributed by atoms with E-state index in [1.807, 2.05) is 6.92 Å². The Labute approximate surface area is 223 Å². The molecule has 1 aromatic carbocycles. The second kappa shape index (κ2) is 10.5. The van der Waals surface area contributed by atoms with E-state index in [1.54, 1.807) is 19.1 Å². The topological polar surface area (TPSA) is 153 Å². The molecular formula is C23H26N2NaO7S+. The number of aliphatic carboxylic acids is 1. The minimum absolute atomic E-state index is 0. The second-order valence-electron chi connectivity index (χ2n) is 8.91.